The lowest BCUT2D eigenvalue weighted by Crippen LogP contribution is -2.03. The number of rotatable bonds is 3. The van der Waals surface area contributed by atoms with Crippen molar-refractivity contribution in [3.8, 4) is 0 Å². The monoisotopic (exact) mass is 154 g/mol. The lowest BCUT2D eigenvalue weighted by Gasteiger charge is -1.87. The molecule has 0 unspecified atom stereocenters. The number of Topliss-reactive ketones (excluding diaryl/α,β-unsaturated/α-hetero) is 1. The van der Waals surface area contributed by atoms with Crippen LogP contribution < -0.4 is 5.32 Å². The first-order valence-corrected chi connectivity index (χ1v) is 3.35. The predicted molar refractivity (Wildman–Crippen MR) is 39.3 cm³/mol. The second-order valence-electron chi connectivity index (χ2n) is 2.26. The van der Waals surface area contributed by atoms with Crippen LogP contribution in [0.15, 0.2) is 10.6 Å². The van der Waals surface area contributed by atoms with Gasteiger partial charge in [-0.25, -0.2) is 0 Å². The number of nitrogens with one attached hydrogen (secondary N) is 1. The third kappa shape index (κ3) is 1.88. The van der Waals surface area contributed by atoms with E-state index in [9.17, 15) is 4.79 Å². The van der Waals surface area contributed by atoms with Crippen LogP contribution >= 0.6 is 0 Å². The number of aromatic nitrogens is 1. The lowest BCUT2D eigenvalue weighted by molar-refractivity contribution is 0.100. The van der Waals surface area contributed by atoms with Crippen molar-refractivity contribution in [2.75, 3.05) is 7.05 Å². The number of hydrogen-bond donors (Lipinski definition) is 1. The molecule has 0 fully saturated rings. The molecule has 0 aliphatic rings. The maximum Gasteiger partial charge on any atom is 0.181 e. The molecule has 1 N–H and O–H groups in total. The SMILES string of the molecule is CNCc1cc(C(C)=O)no1. The fraction of sp³-hybridized carbons (Fsp3) is 0.429. The fourth-order valence-corrected chi connectivity index (χ4v) is 0.736. The molecule has 0 aliphatic carbocycles. The summed E-state index contributed by atoms with van der Waals surface area (Å²) in [6.45, 7) is 2.06. The summed E-state index contributed by atoms with van der Waals surface area (Å²) in [5.74, 6) is 0.605. The van der Waals surface area contributed by atoms with E-state index in [1.54, 1.807) is 13.1 Å². The van der Waals surface area contributed by atoms with Gasteiger partial charge in [0.2, 0.25) is 0 Å². The highest BCUT2D eigenvalue weighted by atomic mass is 16.5. The van der Waals surface area contributed by atoms with E-state index in [2.05, 4.69) is 10.5 Å². The van der Waals surface area contributed by atoms with E-state index in [0.717, 1.165) is 0 Å². The Morgan fingerprint density at radius 2 is 2.55 bits per heavy atom. The van der Waals surface area contributed by atoms with E-state index in [1.165, 1.54) is 6.92 Å². The van der Waals surface area contributed by atoms with Crippen LogP contribution in [-0.2, 0) is 6.54 Å². The van der Waals surface area contributed by atoms with Crippen molar-refractivity contribution in [1.29, 1.82) is 0 Å². The Labute approximate surface area is 64.6 Å². The van der Waals surface area contributed by atoms with Crippen molar-refractivity contribution in [2.24, 2.45) is 0 Å². The highest BCUT2D eigenvalue weighted by Crippen LogP contribution is 2.02. The molecule has 1 rings (SSSR count). The van der Waals surface area contributed by atoms with Gasteiger partial charge in [0.25, 0.3) is 0 Å². The van der Waals surface area contributed by atoms with E-state index >= 15 is 0 Å². The zero-order chi connectivity index (χ0) is 8.27. The summed E-state index contributed by atoms with van der Waals surface area (Å²) >= 11 is 0. The third-order valence-corrected chi connectivity index (χ3v) is 1.27. The first-order chi connectivity index (χ1) is 5.24. The van der Waals surface area contributed by atoms with Crippen LogP contribution in [0, 0.1) is 0 Å². The molecule has 0 saturated carbocycles. The first-order valence-electron chi connectivity index (χ1n) is 3.35. The third-order valence-electron chi connectivity index (χ3n) is 1.27. The normalized spacial score (nSPS) is 10.0. The Kier molecular flexibility index (Phi) is 2.38. The van der Waals surface area contributed by atoms with Crippen molar-refractivity contribution in [2.45, 2.75) is 13.5 Å². The van der Waals surface area contributed by atoms with Crippen LogP contribution in [0.3, 0.4) is 0 Å². The summed E-state index contributed by atoms with van der Waals surface area (Å²) in [5, 5.41) is 6.46. The van der Waals surface area contributed by atoms with Gasteiger partial charge < -0.3 is 9.84 Å². The summed E-state index contributed by atoms with van der Waals surface area (Å²) in [4.78, 5) is 10.7. The Morgan fingerprint density at radius 3 is 3.00 bits per heavy atom. The molecule has 60 valence electrons. The molecule has 0 spiro atoms. The Hall–Kier alpha value is -1.16. The molecular weight excluding hydrogens is 144 g/mol. The molecule has 0 aliphatic heterocycles. The van der Waals surface area contributed by atoms with Gasteiger partial charge in [0.1, 0.15) is 5.69 Å². The molecule has 0 bridgehead atoms. The minimum Gasteiger partial charge on any atom is -0.359 e. The molecule has 11 heavy (non-hydrogen) atoms. The standard InChI is InChI=1S/C7H10N2O2/c1-5(10)7-3-6(4-8-2)11-9-7/h3,8H,4H2,1-2H3. The maximum absolute atomic E-state index is 10.7. The molecule has 1 aromatic heterocycles. The molecule has 1 heterocycles. The van der Waals surface area contributed by atoms with Crippen LogP contribution in [0.1, 0.15) is 23.2 Å². The van der Waals surface area contributed by atoms with Gasteiger partial charge in [-0.3, -0.25) is 4.79 Å². The van der Waals surface area contributed by atoms with Gasteiger partial charge in [0, 0.05) is 13.0 Å². The maximum atomic E-state index is 10.7. The van der Waals surface area contributed by atoms with E-state index in [4.69, 9.17) is 4.52 Å². The summed E-state index contributed by atoms with van der Waals surface area (Å²) in [6, 6.07) is 1.64. The van der Waals surface area contributed by atoms with Gasteiger partial charge >= 0.3 is 0 Å². The number of hydrogen-bond acceptors (Lipinski definition) is 4. The highest BCUT2D eigenvalue weighted by Gasteiger charge is 2.06. The fourth-order valence-electron chi connectivity index (χ4n) is 0.736. The van der Waals surface area contributed by atoms with Gasteiger partial charge in [-0.15, -0.1) is 0 Å². The molecule has 0 saturated heterocycles. The van der Waals surface area contributed by atoms with Crippen LogP contribution in [-0.4, -0.2) is 18.0 Å². The van der Waals surface area contributed by atoms with Crippen molar-refractivity contribution in [1.82, 2.24) is 10.5 Å². The molecular formula is C7H10N2O2. The van der Waals surface area contributed by atoms with E-state index in [-0.39, 0.29) is 5.78 Å². The number of ketones is 1. The predicted octanol–water partition coefficient (Wildman–Crippen LogP) is 0.597. The number of carbonyl (C=O) groups excluding carboxylic acids is 1. The van der Waals surface area contributed by atoms with Crippen molar-refractivity contribution in [3.63, 3.8) is 0 Å². The lowest BCUT2D eigenvalue weighted by atomic mass is 10.3. The summed E-state index contributed by atoms with van der Waals surface area (Å²) in [5.41, 5.74) is 0.384. The van der Waals surface area contributed by atoms with Gasteiger partial charge in [-0.2, -0.15) is 0 Å². The molecule has 4 nitrogen and oxygen atoms in total. The molecule has 0 aromatic carbocycles. The average Bonchev–Trinajstić information content (AvgIpc) is 2.37. The van der Waals surface area contributed by atoms with E-state index < -0.39 is 0 Å². The van der Waals surface area contributed by atoms with Crippen molar-refractivity contribution < 1.29 is 9.32 Å². The molecule has 1 aromatic rings. The number of carbonyl (C=O) groups is 1. The second-order valence-corrected chi connectivity index (χ2v) is 2.26. The molecule has 0 radical (unpaired) electrons. The summed E-state index contributed by atoms with van der Waals surface area (Å²) in [6.07, 6.45) is 0. The Balaban J connectivity index is 2.73. The molecule has 0 amide bonds. The smallest absolute Gasteiger partial charge is 0.181 e. The molecule has 0 atom stereocenters. The van der Waals surface area contributed by atoms with Gasteiger partial charge in [-0.1, -0.05) is 5.16 Å². The summed E-state index contributed by atoms with van der Waals surface area (Å²) < 4.78 is 4.83. The zero-order valence-corrected chi connectivity index (χ0v) is 6.55. The van der Waals surface area contributed by atoms with Gasteiger partial charge in [0.15, 0.2) is 11.5 Å². The highest BCUT2D eigenvalue weighted by molar-refractivity contribution is 5.91. The molecule has 4 heteroatoms. The minimum absolute atomic E-state index is 0.0731. The number of nitrogens with zero attached hydrogens (tertiary/aromatic N) is 1. The van der Waals surface area contributed by atoms with Gasteiger partial charge in [0.05, 0.1) is 6.54 Å². The van der Waals surface area contributed by atoms with Gasteiger partial charge in [-0.05, 0) is 7.05 Å². The first kappa shape index (κ1) is 7.94. The Bertz CT molecular complexity index is 255. The van der Waals surface area contributed by atoms with E-state index in [0.29, 0.717) is 18.0 Å². The Morgan fingerprint density at radius 1 is 1.82 bits per heavy atom. The topological polar surface area (TPSA) is 55.1 Å². The van der Waals surface area contributed by atoms with E-state index in [1.807, 2.05) is 0 Å². The van der Waals surface area contributed by atoms with Crippen LogP contribution in [0.25, 0.3) is 0 Å². The summed E-state index contributed by atoms with van der Waals surface area (Å²) in [7, 11) is 1.80. The minimum atomic E-state index is -0.0731. The largest absolute Gasteiger partial charge is 0.359 e. The average molecular weight is 154 g/mol. The van der Waals surface area contributed by atoms with Crippen LogP contribution in [0.5, 0.6) is 0 Å². The van der Waals surface area contributed by atoms with Crippen molar-refractivity contribution in [3.05, 3.63) is 17.5 Å². The van der Waals surface area contributed by atoms with Crippen LogP contribution in [0.2, 0.25) is 0 Å². The quantitative estimate of drug-likeness (QED) is 0.647. The van der Waals surface area contributed by atoms with Crippen LogP contribution in [0.4, 0.5) is 0 Å². The zero-order valence-electron chi connectivity index (χ0n) is 6.55. The second kappa shape index (κ2) is 3.30. The van der Waals surface area contributed by atoms with Crippen molar-refractivity contribution >= 4 is 5.78 Å².